The van der Waals surface area contributed by atoms with E-state index in [4.69, 9.17) is 0 Å². The molecule has 0 aliphatic rings. The summed E-state index contributed by atoms with van der Waals surface area (Å²) in [7, 11) is 0. The van der Waals surface area contributed by atoms with Crippen molar-refractivity contribution in [1.29, 1.82) is 0 Å². The zero-order chi connectivity index (χ0) is 43.7. The molecule has 8 aromatic rings. The second kappa shape index (κ2) is 22.5. The van der Waals surface area contributed by atoms with Crippen LogP contribution in [0.4, 0.5) is 8.78 Å². The Labute approximate surface area is 363 Å². The summed E-state index contributed by atoms with van der Waals surface area (Å²) in [5.41, 5.74) is 17.7. The van der Waals surface area contributed by atoms with Crippen molar-refractivity contribution in [2.75, 3.05) is 0 Å². The minimum absolute atomic E-state index is 0.308. The second-order valence-electron chi connectivity index (χ2n) is 15.3. The Morgan fingerprint density at radius 1 is 0.328 bits per heavy atom. The molecule has 61 heavy (non-hydrogen) atoms. The summed E-state index contributed by atoms with van der Waals surface area (Å²) in [4.78, 5) is 0. The molecule has 0 amide bonds. The average molecular weight is 803 g/mol. The molecule has 0 fully saturated rings. The highest BCUT2D eigenvalue weighted by Gasteiger charge is 2.12. The molecule has 8 aromatic carbocycles. The summed E-state index contributed by atoms with van der Waals surface area (Å²) in [6.45, 7) is 17.7. The first kappa shape index (κ1) is 45.2. The number of hydrogen-bond acceptors (Lipinski definition) is 0. The molecule has 0 saturated carbocycles. The fraction of sp³-hybridized carbons (Fsp3) is 0.119. The largest absolute Gasteiger partial charge is 0.203 e. The van der Waals surface area contributed by atoms with E-state index in [1.807, 2.05) is 32.1 Å². The summed E-state index contributed by atoms with van der Waals surface area (Å²) in [5, 5.41) is 0. The summed E-state index contributed by atoms with van der Waals surface area (Å²) in [6.07, 6.45) is 6.03. The monoisotopic (exact) mass is 802 g/mol. The van der Waals surface area contributed by atoms with E-state index in [0.29, 0.717) is 16.7 Å². The second-order valence-corrected chi connectivity index (χ2v) is 15.3. The molecule has 0 aromatic heterocycles. The summed E-state index contributed by atoms with van der Waals surface area (Å²) in [5.74, 6) is -1.54. The van der Waals surface area contributed by atoms with E-state index in [1.165, 1.54) is 61.2 Å². The van der Waals surface area contributed by atoms with E-state index < -0.39 is 11.6 Å². The maximum Gasteiger partial charge on any atom is 0.166 e. The van der Waals surface area contributed by atoms with Crippen LogP contribution in [0.3, 0.4) is 0 Å². The molecule has 2 heteroatoms. The third-order valence-electron chi connectivity index (χ3n) is 10.3. The van der Waals surface area contributed by atoms with Crippen molar-refractivity contribution in [3.63, 3.8) is 0 Å². The first-order valence-corrected chi connectivity index (χ1v) is 20.7. The number of hydrogen-bond donors (Lipinski definition) is 0. The van der Waals surface area contributed by atoms with E-state index in [-0.39, 0.29) is 0 Å². The zero-order valence-electron chi connectivity index (χ0n) is 36.5. The predicted molar refractivity (Wildman–Crippen MR) is 261 cm³/mol. The topological polar surface area (TPSA) is 0 Å². The third-order valence-corrected chi connectivity index (χ3v) is 10.3. The zero-order valence-corrected chi connectivity index (χ0v) is 36.5. The van der Waals surface area contributed by atoms with E-state index in [9.17, 15) is 8.78 Å². The SMILES string of the molecule is C/C=C/c1ccc(-c2ccc(C)cc2)cc1.C=Cc1ccc(-c2ccc(C)cc2)cc1.Cc1ccc(-c2ccc(C)c(F)c2F)cc1.Cc1ccc(-c2ccc(C)cc2)cc1. The van der Waals surface area contributed by atoms with Crippen molar-refractivity contribution in [1.82, 2.24) is 0 Å². The predicted octanol–water partition coefficient (Wildman–Crippen LogP) is 17.2. The van der Waals surface area contributed by atoms with Gasteiger partial charge in [-0.25, -0.2) is 8.78 Å². The average Bonchev–Trinajstić information content (AvgIpc) is 3.28. The molecule has 0 atom stereocenters. The van der Waals surface area contributed by atoms with Gasteiger partial charge in [-0.05, 0) is 104 Å². The lowest BCUT2D eigenvalue weighted by atomic mass is 10.0. The molecule has 8 rings (SSSR count). The molecule has 0 N–H and O–H groups in total. The van der Waals surface area contributed by atoms with Gasteiger partial charge in [0.1, 0.15) is 0 Å². The molecule has 0 heterocycles. The molecule has 0 saturated heterocycles. The molecule has 0 bridgehead atoms. The Bertz CT molecular complexity index is 2550. The first-order valence-electron chi connectivity index (χ1n) is 20.7. The standard InChI is InChI=1S/C16H16.C15H14.C14H12F2.C14H14/c1-3-4-14-7-11-16(12-8-14)15-9-5-13(2)6-10-15;1-3-13-6-10-15(11-7-13)14-8-4-12(2)5-9-14;1-9-3-6-11(7-4-9)12-8-5-10(2)13(15)14(12)16;1-11-3-7-13(8-4-11)14-9-5-12(2)6-10-14/h3-12H,1-2H3;3-11H,1H2,2H3;3-8H,1-2H3;3-10H,1-2H3/b4-3+;;;. The smallest absolute Gasteiger partial charge is 0.166 e. The maximum absolute atomic E-state index is 13.7. The van der Waals surface area contributed by atoms with Gasteiger partial charge in [0, 0.05) is 5.56 Å². The van der Waals surface area contributed by atoms with Crippen LogP contribution < -0.4 is 0 Å². The van der Waals surface area contributed by atoms with Gasteiger partial charge in [0.05, 0.1) is 0 Å². The summed E-state index contributed by atoms with van der Waals surface area (Å²) >= 11 is 0. The Kier molecular flexibility index (Phi) is 16.6. The van der Waals surface area contributed by atoms with E-state index in [2.05, 4.69) is 192 Å². The highest BCUT2D eigenvalue weighted by atomic mass is 19.2. The molecule has 0 spiro atoms. The number of allylic oxidation sites excluding steroid dienone is 1. The highest BCUT2D eigenvalue weighted by Crippen LogP contribution is 2.27. The molecule has 0 nitrogen and oxygen atoms in total. The number of halogens is 2. The number of benzene rings is 8. The van der Waals surface area contributed by atoms with Crippen molar-refractivity contribution in [3.8, 4) is 44.5 Å². The van der Waals surface area contributed by atoms with Crippen molar-refractivity contribution < 1.29 is 8.78 Å². The van der Waals surface area contributed by atoms with Gasteiger partial charge >= 0.3 is 0 Å². The highest BCUT2D eigenvalue weighted by molar-refractivity contribution is 5.68. The minimum atomic E-state index is -0.774. The van der Waals surface area contributed by atoms with Gasteiger partial charge < -0.3 is 0 Å². The fourth-order valence-corrected chi connectivity index (χ4v) is 6.38. The van der Waals surface area contributed by atoms with Crippen LogP contribution in [0.5, 0.6) is 0 Å². The van der Waals surface area contributed by atoms with Crippen molar-refractivity contribution in [2.45, 2.75) is 48.5 Å². The lowest BCUT2D eigenvalue weighted by Gasteiger charge is -2.06. The maximum atomic E-state index is 13.7. The quantitative estimate of drug-likeness (QED) is 0.157. The van der Waals surface area contributed by atoms with Crippen LogP contribution in [0.25, 0.3) is 56.7 Å². The minimum Gasteiger partial charge on any atom is -0.203 e. The normalized spacial score (nSPS) is 10.4. The van der Waals surface area contributed by atoms with E-state index in [0.717, 1.165) is 11.1 Å². The Balaban J connectivity index is 0.000000154. The van der Waals surface area contributed by atoms with Gasteiger partial charge in [-0.15, -0.1) is 0 Å². The lowest BCUT2D eigenvalue weighted by molar-refractivity contribution is 0.505. The van der Waals surface area contributed by atoms with E-state index in [1.54, 1.807) is 31.2 Å². The molecule has 0 aliphatic heterocycles. The summed E-state index contributed by atoms with van der Waals surface area (Å²) < 4.78 is 27.1. The molecular formula is C59H56F2. The molecule has 306 valence electrons. The van der Waals surface area contributed by atoms with Crippen LogP contribution in [-0.4, -0.2) is 0 Å². The number of rotatable bonds is 6. The van der Waals surface area contributed by atoms with Gasteiger partial charge in [-0.3, -0.25) is 0 Å². The van der Waals surface area contributed by atoms with Crippen LogP contribution in [-0.2, 0) is 0 Å². The van der Waals surface area contributed by atoms with Gasteiger partial charge in [0.15, 0.2) is 11.6 Å². The van der Waals surface area contributed by atoms with Crippen molar-refractivity contribution in [3.05, 3.63) is 251 Å². The molecule has 0 unspecified atom stereocenters. The summed E-state index contributed by atoms with van der Waals surface area (Å²) in [6, 6.07) is 62.1. The van der Waals surface area contributed by atoms with Gasteiger partial charge in [0.2, 0.25) is 0 Å². The van der Waals surface area contributed by atoms with Crippen LogP contribution in [0.15, 0.2) is 195 Å². The van der Waals surface area contributed by atoms with E-state index >= 15 is 0 Å². The van der Waals surface area contributed by atoms with Crippen LogP contribution in [0.2, 0.25) is 0 Å². The number of aryl methyl sites for hydroxylation is 6. The van der Waals surface area contributed by atoms with Crippen LogP contribution in [0.1, 0.15) is 51.4 Å². The Morgan fingerprint density at radius 3 is 0.902 bits per heavy atom. The molecular weight excluding hydrogens is 747 g/mol. The van der Waals surface area contributed by atoms with Gasteiger partial charge in [-0.1, -0.05) is 235 Å². The lowest BCUT2D eigenvalue weighted by Crippen LogP contribution is -1.92. The van der Waals surface area contributed by atoms with Crippen molar-refractivity contribution >= 4 is 12.2 Å². The Morgan fingerprint density at radius 2 is 0.607 bits per heavy atom. The van der Waals surface area contributed by atoms with Crippen LogP contribution in [0, 0.1) is 53.2 Å². The molecule has 0 radical (unpaired) electrons. The van der Waals surface area contributed by atoms with Gasteiger partial charge in [0.25, 0.3) is 0 Å². The van der Waals surface area contributed by atoms with Gasteiger partial charge in [-0.2, -0.15) is 0 Å². The Hall–Kier alpha value is -6.90. The van der Waals surface area contributed by atoms with Crippen molar-refractivity contribution in [2.24, 2.45) is 0 Å². The first-order chi connectivity index (χ1) is 29.4. The third kappa shape index (κ3) is 13.6. The van der Waals surface area contributed by atoms with Crippen LogP contribution >= 0.6 is 0 Å². The molecule has 0 aliphatic carbocycles. The fourth-order valence-electron chi connectivity index (χ4n) is 6.38.